The van der Waals surface area contributed by atoms with E-state index < -0.39 is 35.8 Å². The van der Waals surface area contributed by atoms with Crippen LogP contribution in [0.3, 0.4) is 0 Å². The smallest absolute Gasteiger partial charge is 0.408 e. The average Bonchev–Trinajstić information content (AvgIpc) is 3.38. The molecule has 41 heavy (non-hydrogen) atoms. The molecule has 2 aromatic heterocycles. The number of aromatic nitrogens is 4. The van der Waals surface area contributed by atoms with Crippen LogP contribution in [0.25, 0.3) is 11.2 Å². The molecule has 0 aliphatic heterocycles. The Labute approximate surface area is 237 Å². The highest BCUT2D eigenvalue weighted by Gasteiger charge is 2.30. The maximum atomic E-state index is 13.0. The van der Waals surface area contributed by atoms with Gasteiger partial charge in [0.1, 0.15) is 18.2 Å². The van der Waals surface area contributed by atoms with Crippen LogP contribution >= 0.6 is 0 Å². The van der Waals surface area contributed by atoms with Crippen molar-refractivity contribution in [2.75, 3.05) is 19.4 Å². The highest BCUT2D eigenvalue weighted by atomic mass is 16.5. The number of carbonyl (C=O) groups excluding carboxylic acids is 4. The first-order valence-electron chi connectivity index (χ1n) is 13.3. The molecule has 14 nitrogen and oxygen atoms in total. The molecule has 0 bridgehead atoms. The van der Waals surface area contributed by atoms with Gasteiger partial charge in [-0.2, -0.15) is 9.97 Å². The number of aryl methyl sites for hydroxylation is 1. The summed E-state index contributed by atoms with van der Waals surface area (Å²) in [4.78, 5) is 63.1. The van der Waals surface area contributed by atoms with Crippen LogP contribution in [-0.2, 0) is 32.3 Å². The van der Waals surface area contributed by atoms with E-state index in [2.05, 4.69) is 30.9 Å². The second-order valence-electron chi connectivity index (χ2n) is 9.58. The third-order valence-electron chi connectivity index (χ3n) is 6.21. The molecule has 0 fully saturated rings. The number of ketones is 1. The monoisotopic (exact) mass is 568 g/mol. The summed E-state index contributed by atoms with van der Waals surface area (Å²) < 4.78 is 12.0. The van der Waals surface area contributed by atoms with Crippen molar-refractivity contribution in [1.82, 2.24) is 35.5 Å². The zero-order chi connectivity index (χ0) is 29.9. The number of ether oxygens (including phenoxy) is 2. The lowest BCUT2D eigenvalue weighted by atomic mass is 10.0. The number of nitrogens with one attached hydrogen (secondary N) is 3. The fourth-order valence-corrected chi connectivity index (χ4v) is 3.94. The lowest BCUT2D eigenvalue weighted by molar-refractivity contribution is -0.140. The summed E-state index contributed by atoms with van der Waals surface area (Å²) in [7, 11) is 1.43. The van der Waals surface area contributed by atoms with E-state index in [1.807, 2.05) is 30.3 Å². The highest BCUT2D eigenvalue weighted by Crippen LogP contribution is 2.19. The molecule has 0 unspecified atom stereocenters. The summed E-state index contributed by atoms with van der Waals surface area (Å²) in [6.07, 6.45) is 1.44. The first-order valence-corrected chi connectivity index (χ1v) is 13.3. The number of fused-ring (bicyclic) bond motifs is 1. The number of imidazole rings is 1. The van der Waals surface area contributed by atoms with Crippen molar-refractivity contribution in [3.05, 3.63) is 42.2 Å². The number of amides is 3. The summed E-state index contributed by atoms with van der Waals surface area (Å²) in [5.41, 5.74) is 7.61. The molecule has 2 heterocycles. The number of nitrogen functional groups attached to an aromatic ring is 1. The van der Waals surface area contributed by atoms with Gasteiger partial charge in [-0.1, -0.05) is 51.1 Å². The summed E-state index contributed by atoms with van der Waals surface area (Å²) in [6.45, 7) is 5.83. The van der Waals surface area contributed by atoms with Gasteiger partial charge in [0.15, 0.2) is 11.5 Å². The van der Waals surface area contributed by atoms with E-state index in [0.29, 0.717) is 24.1 Å². The number of alkyl carbamates (subject to hydrolysis) is 1. The normalized spacial score (nSPS) is 12.4. The fourth-order valence-electron chi connectivity index (χ4n) is 3.94. The van der Waals surface area contributed by atoms with Gasteiger partial charge < -0.3 is 35.7 Å². The Morgan fingerprint density at radius 1 is 1.07 bits per heavy atom. The zero-order valence-electron chi connectivity index (χ0n) is 23.5. The number of nitrogens with two attached hydrogens (primary N) is 1. The Bertz CT molecular complexity index is 1360. The molecule has 3 amide bonds. The summed E-state index contributed by atoms with van der Waals surface area (Å²) in [6, 6.07) is 7.20. The molecule has 3 rings (SSSR count). The molecule has 0 spiro atoms. The molecule has 0 saturated heterocycles. The second kappa shape index (κ2) is 14.6. The molecule has 0 aliphatic rings. The molecular formula is C27H36N8O6. The molecule has 220 valence electrons. The van der Waals surface area contributed by atoms with Crippen LogP contribution in [0.1, 0.15) is 39.2 Å². The van der Waals surface area contributed by atoms with Gasteiger partial charge in [0, 0.05) is 13.1 Å². The van der Waals surface area contributed by atoms with Crippen LogP contribution in [0.2, 0.25) is 0 Å². The number of benzene rings is 1. The lowest BCUT2D eigenvalue weighted by Gasteiger charge is -2.24. The summed E-state index contributed by atoms with van der Waals surface area (Å²) in [5.74, 6) is -2.31. The Kier molecular flexibility index (Phi) is 11.0. The van der Waals surface area contributed by atoms with Crippen LogP contribution in [0, 0.1) is 5.92 Å². The number of Topliss-reactive ketones (excluding diaryl/α,β-unsaturated/α-hetero) is 1. The largest absolute Gasteiger partial charge is 0.467 e. The number of carbonyl (C=O) groups is 4. The number of rotatable bonds is 14. The third-order valence-corrected chi connectivity index (χ3v) is 6.21. The van der Waals surface area contributed by atoms with Crippen molar-refractivity contribution in [2.45, 2.75) is 58.8 Å². The predicted octanol–water partition coefficient (Wildman–Crippen LogP) is 1.34. The number of hydrogen-bond donors (Lipinski definition) is 4. The van der Waals surface area contributed by atoms with Crippen LogP contribution in [-0.4, -0.2) is 68.9 Å². The molecule has 3 aromatic rings. The van der Waals surface area contributed by atoms with Gasteiger partial charge in [0.05, 0.1) is 19.5 Å². The zero-order valence-corrected chi connectivity index (χ0v) is 23.5. The summed E-state index contributed by atoms with van der Waals surface area (Å²) >= 11 is 0. The van der Waals surface area contributed by atoms with Crippen molar-refractivity contribution in [2.24, 2.45) is 5.92 Å². The SMILES string of the molecule is CC[C@H](NC(=O)[C@@H](NC(=O)OCc1ccccc1)C(C)C)C(=O)C(=O)NCCCn1cnc2c(N)nc(OC)nc21. The van der Waals surface area contributed by atoms with Crippen LogP contribution in [0.5, 0.6) is 6.01 Å². The maximum absolute atomic E-state index is 13.0. The molecule has 0 aliphatic carbocycles. The van der Waals surface area contributed by atoms with Gasteiger partial charge in [-0.15, -0.1) is 0 Å². The molecule has 0 radical (unpaired) electrons. The number of nitrogens with zero attached hydrogens (tertiary/aromatic N) is 4. The van der Waals surface area contributed by atoms with E-state index >= 15 is 0 Å². The minimum Gasteiger partial charge on any atom is -0.467 e. The predicted molar refractivity (Wildman–Crippen MR) is 150 cm³/mol. The van der Waals surface area contributed by atoms with Crippen LogP contribution in [0.4, 0.5) is 10.6 Å². The first kappa shape index (κ1) is 30.8. The topological polar surface area (TPSA) is 192 Å². The van der Waals surface area contributed by atoms with Crippen LogP contribution in [0.15, 0.2) is 36.7 Å². The molecule has 1 aromatic carbocycles. The van der Waals surface area contributed by atoms with Gasteiger partial charge in [-0.3, -0.25) is 14.4 Å². The second-order valence-corrected chi connectivity index (χ2v) is 9.58. The minimum atomic E-state index is -1.06. The van der Waals surface area contributed by atoms with E-state index in [1.54, 1.807) is 31.7 Å². The minimum absolute atomic E-state index is 0.0440. The average molecular weight is 569 g/mol. The van der Waals surface area contributed by atoms with Crippen molar-refractivity contribution >= 4 is 40.7 Å². The van der Waals surface area contributed by atoms with Gasteiger partial charge in [-0.05, 0) is 24.3 Å². The third kappa shape index (κ3) is 8.37. The van der Waals surface area contributed by atoms with Crippen molar-refractivity contribution in [3.63, 3.8) is 0 Å². The number of hydrogen-bond acceptors (Lipinski definition) is 10. The van der Waals surface area contributed by atoms with E-state index in [0.717, 1.165) is 5.56 Å². The standard InChI is InChI=1S/C27H36N8O6/c1-5-18(31-24(37)19(16(2)3)32-27(39)41-14-17-10-7-6-8-11-17)21(36)25(38)29-12-9-13-35-15-30-20-22(28)33-26(40-4)34-23(20)35/h6-8,10-11,15-16,18-19H,5,9,12-14H2,1-4H3,(H,29,38)(H,31,37)(H,32,39)(H2,28,33,34)/t18-,19-/m0/s1. The molecule has 5 N–H and O–H groups in total. The van der Waals surface area contributed by atoms with Gasteiger partial charge in [0.25, 0.3) is 5.91 Å². The highest BCUT2D eigenvalue weighted by molar-refractivity contribution is 6.38. The van der Waals surface area contributed by atoms with Crippen molar-refractivity contribution in [1.29, 1.82) is 0 Å². The molecule has 2 atom stereocenters. The van der Waals surface area contributed by atoms with Crippen LogP contribution < -0.4 is 26.4 Å². The number of anilines is 1. The first-order chi connectivity index (χ1) is 19.6. The fraction of sp³-hybridized carbons (Fsp3) is 0.444. The molecule has 14 heteroatoms. The molecule has 0 saturated carbocycles. The lowest BCUT2D eigenvalue weighted by Crippen LogP contribution is -2.55. The Hall–Kier alpha value is -4.75. The molecular weight excluding hydrogens is 532 g/mol. The maximum Gasteiger partial charge on any atom is 0.408 e. The van der Waals surface area contributed by atoms with Gasteiger partial charge in [0.2, 0.25) is 11.7 Å². The summed E-state index contributed by atoms with van der Waals surface area (Å²) in [5, 5.41) is 7.72. The number of methoxy groups -OCH3 is 1. The van der Waals surface area contributed by atoms with Crippen molar-refractivity contribution < 1.29 is 28.7 Å². The Balaban J connectivity index is 1.49. The quantitative estimate of drug-likeness (QED) is 0.163. The van der Waals surface area contributed by atoms with Crippen molar-refractivity contribution in [3.8, 4) is 6.01 Å². The van der Waals surface area contributed by atoms with E-state index in [1.165, 1.54) is 7.11 Å². The van der Waals surface area contributed by atoms with Gasteiger partial charge >= 0.3 is 12.1 Å². The van der Waals surface area contributed by atoms with E-state index in [-0.39, 0.29) is 37.3 Å². The Morgan fingerprint density at radius 2 is 1.80 bits per heavy atom. The van der Waals surface area contributed by atoms with E-state index in [9.17, 15) is 19.2 Å². The van der Waals surface area contributed by atoms with Gasteiger partial charge in [-0.25, -0.2) is 9.78 Å². The Morgan fingerprint density at radius 3 is 2.46 bits per heavy atom. The van der Waals surface area contributed by atoms with E-state index in [4.69, 9.17) is 15.2 Å².